The van der Waals surface area contributed by atoms with Crippen LogP contribution in [0.3, 0.4) is 0 Å². The van der Waals surface area contributed by atoms with Gasteiger partial charge in [0.1, 0.15) is 12.1 Å². The van der Waals surface area contributed by atoms with Gasteiger partial charge in [0.2, 0.25) is 0 Å². The van der Waals surface area contributed by atoms with Crippen LogP contribution in [0.1, 0.15) is 46.0 Å². The zero-order chi connectivity index (χ0) is 20.0. The molecular weight excluding hydrogens is 386 g/mol. The molecule has 1 heterocycles. The first kappa shape index (κ1) is 22.7. The molecule has 9 nitrogen and oxygen atoms in total. The molecular formula is C15H27NO8S2. The van der Waals surface area contributed by atoms with Crippen molar-refractivity contribution in [2.75, 3.05) is 17.3 Å². The molecule has 0 aromatic carbocycles. The van der Waals surface area contributed by atoms with E-state index in [1.807, 2.05) is 19.2 Å². The van der Waals surface area contributed by atoms with E-state index < -0.39 is 54.9 Å². The normalized spacial score (nSPS) is 20.7. The van der Waals surface area contributed by atoms with E-state index in [1.54, 1.807) is 0 Å². The minimum Gasteiger partial charge on any atom is -0.480 e. The SMILES string of the molecule is CCCC(CCC)S(=O)(=O)C[C@H](NC(=O)O[C@@H]1CCS(=O)(=O)C1)C(=O)O. The van der Waals surface area contributed by atoms with Crippen LogP contribution in [0.15, 0.2) is 0 Å². The van der Waals surface area contributed by atoms with Crippen molar-refractivity contribution in [1.82, 2.24) is 5.32 Å². The minimum atomic E-state index is -3.73. The van der Waals surface area contributed by atoms with E-state index in [9.17, 15) is 31.5 Å². The summed E-state index contributed by atoms with van der Waals surface area (Å²) in [6.45, 7) is 3.69. The summed E-state index contributed by atoms with van der Waals surface area (Å²) in [4.78, 5) is 23.2. The standard InChI is InChI=1S/C15H27NO8S2/c1-3-5-12(6-4-2)26(22,23)10-13(14(17)18)16-15(19)24-11-7-8-25(20,21)9-11/h11-13H,3-10H2,1-2H3,(H,16,19)(H,17,18)/t11-,13+/m1/s1. The maximum absolute atomic E-state index is 12.5. The number of alkyl carbamates (subject to hydrolysis) is 1. The smallest absolute Gasteiger partial charge is 0.408 e. The van der Waals surface area contributed by atoms with Gasteiger partial charge in [0, 0.05) is 0 Å². The number of hydrogen-bond donors (Lipinski definition) is 2. The van der Waals surface area contributed by atoms with Gasteiger partial charge in [0.25, 0.3) is 0 Å². The van der Waals surface area contributed by atoms with E-state index >= 15 is 0 Å². The summed E-state index contributed by atoms with van der Waals surface area (Å²) in [5, 5.41) is 10.6. The third-order valence-electron chi connectivity index (χ3n) is 4.18. The van der Waals surface area contributed by atoms with Crippen molar-refractivity contribution < 1.29 is 36.3 Å². The van der Waals surface area contributed by atoms with Crippen LogP contribution < -0.4 is 5.32 Å². The molecule has 1 aliphatic rings. The van der Waals surface area contributed by atoms with Gasteiger partial charge in [-0.3, -0.25) is 0 Å². The van der Waals surface area contributed by atoms with Crippen molar-refractivity contribution in [2.24, 2.45) is 0 Å². The largest absolute Gasteiger partial charge is 0.480 e. The summed E-state index contributed by atoms with van der Waals surface area (Å²) in [6, 6.07) is -1.65. The molecule has 26 heavy (non-hydrogen) atoms. The minimum absolute atomic E-state index is 0.0998. The number of ether oxygens (including phenoxy) is 1. The Morgan fingerprint density at radius 2 is 1.81 bits per heavy atom. The molecule has 1 aliphatic heterocycles. The van der Waals surface area contributed by atoms with Crippen molar-refractivity contribution in [3.05, 3.63) is 0 Å². The number of carboxylic acids is 1. The molecule has 0 saturated carbocycles. The van der Waals surface area contributed by atoms with Crippen molar-refractivity contribution in [3.8, 4) is 0 Å². The highest BCUT2D eigenvalue weighted by Crippen LogP contribution is 2.18. The van der Waals surface area contributed by atoms with Crippen molar-refractivity contribution >= 4 is 31.7 Å². The lowest BCUT2D eigenvalue weighted by atomic mass is 10.2. The highest BCUT2D eigenvalue weighted by atomic mass is 32.2. The third kappa shape index (κ3) is 7.10. The molecule has 0 bridgehead atoms. The highest BCUT2D eigenvalue weighted by Gasteiger charge is 2.34. The molecule has 0 aliphatic carbocycles. The van der Waals surface area contributed by atoms with E-state index in [0.717, 1.165) is 0 Å². The number of rotatable bonds is 10. The lowest BCUT2D eigenvalue weighted by Crippen LogP contribution is -2.47. The summed E-state index contributed by atoms with van der Waals surface area (Å²) in [5.41, 5.74) is 0. The van der Waals surface area contributed by atoms with Crippen LogP contribution in [0.25, 0.3) is 0 Å². The summed E-state index contributed by atoms with van der Waals surface area (Å²) >= 11 is 0. The number of carboxylic acid groups (broad SMARTS) is 1. The Bertz CT molecular complexity index is 695. The number of aliphatic carboxylic acids is 1. The van der Waals surface area contributed by atoms with Crippen LogP contribution in [0.2, 0.25) is 0 Å². The summed E-state index contributed by atoms with van der Waals surface area (Å²) in [6.07, 6.45) is 0.303. The molecule has 1 fully saturated rings. The Labute approximate surface area is 154 Å². The maximum atomic E-state index is 12.5. The second-order valence-electron chi connectivity index (χ2n) is 6.49. The predicted octanol–water partition coefficient (Wildman–Crippen LogP) is 0.737. The number of carbonyl (C=O) groups excluding carboxylic acids is 1. The Morgan fingerprint density at radius 1 is 1.23 bits per heavy atom. The van der Waals surface area contributed by atoms with Crippen molar-refractivity contribution in [3.63, 3.8) is 0 Å². The lowest BCUT2D eigenvalue weighted by molar-refractivity contribution is -0.138. The molecule has 1 rings (SSSR count). The molecule has 152 valence electrons. The third-order valence-corrected chi connectivity index (χ3v) is 8.21. The molecule has 2 atom stereocenters. The van der Waals surface area contributed by atoms with Crippen LogP contribution in [-0.4, -0.2) is 68.7 Å². The maximum Gasteiger partial charge on any atom is 0.408 e. The van der Waals surface area contributed by atoms with Gasteiger partial charge in [-0.25, -0.2) is 26.4 Å². The van der Waals surface area contributed by atoms with Gasteiger partial charge < -0.3 is 15.2 Å². The van der Waals surface area contributed by atoms with Gasteiger partial charge in [-0.15, -0.1) is 0 Å². The Balaban J connectivity index is 2.73. The molecule has 0 aromatic heterocycles. The topological polar surface area (TPSA) is 144 Å². The van der Waals surface area contributed by atoms with Crippen LogP contribution in [0.4, 0.5) is 4.79 Å². The average Bonchev–Trinajstić information content (AvgIpc) is 2.84. The molecule has 0 radical (unpaired) electrons. The van der Waals surface area contributed by atoms with Crippen molar-refractivity contribution in [2.45, 2.75) is 63.3 Å². The molecule has 0 spiro atoms. The van der Waals surface area contributed by atoms with Gasteiger partial charge >= 0.3 is 12.1 Å². The second-order valence-corrected chi connectivity index (χ2v) is 11.0. The Morgan fingerprint density at radius 3 is 2.23 bits per heavy atom. The van der Waals surface area contributed by atoms with Gasteiger partial charge in [0.05, 0.1) is 22.5 Å². The lowest BCUT2D eigenvalue weighted by Gasteiger charge is -2.20. The predicted molar refractivity (Wildman–Crippen MR) is 95.5 cm³/mol. The Kier molecular flexibility index (Phi) is 8.32. The molecule has 1 saturated heterocycles. The number of sulfone groups is 2. The fourth-order valence-electron chi connectivity index (χ4n) is 2.87. The monoisotopic (exact) mass is 413 g/mol. The fraction of sp³-hybridized carbons (Fsp3) is 0.867. The quantitative estimate of drug-likeness (QED) is 0.533. The van der Waals surface area contributed by atoms with Gasteiger partial charge in [0.15, 0.2) is 19.7 Å². The number of carbonyl (C=O) groups is 2. The van der Waals surface area contributed by atoms with Gasteiger partial charge in [-0.05, 0) is 19.3 Å². The molecule has 11 heteroatoms. The molecule has 0 unspecified atom stereocenters. The van der Waals surface area contributed by atoms with Gasteiger partial charge in [-0.1, -0.05) is 26.7 Å². The average molecular weight is 414 g/mol. The first-order valence-corrected chi connectivity index (χ1v) is 12.2. The first-order chi connectivity index (χ1) is 12.0. The van der Waals surface area contributed by atoms with Crippen LogP contribution in [-0.2, 0) is 29.2 Å². The van der Waals surface area contributed by atoms with E-state index in [2.05, 4.69) is 0 Å². The highest BCUT2D eigenvalue weighted by molar-refractivity contribution is 7.92. The van der Waals surface area contributed by atoms with E-state index in [1.165, 1.54) is 0 Å². The summed E-state index contributed by atoms with van der Waals surface area (Å²) < 4.78 is 52.6. The Hall–Kier alpha value is -1.36. The van der Waals surface area contributed by atoms with Crippen LogP contribution >= 0.6 is 0 Å². The van der Waals surface area contributed by atoms with Crippen molar-refractivity contribution in [1.29, 1.82) is 0 Å². The molecule has 1 amide bonds. The molecule has 0 aromatic rings. The zero-order valence-corrected chi connectivity index (χ0v) is 16.6. The van der Waals surface area contributed by atoms with Crippen LogP contribution in [0, 0.1) is 0 Å². The number of nitrogens with one attached hydrogen (secondary N) is 1. The second kappa shape index (κ2) is 9.54. The van der Waals surface area contributed by atoms with Crippen LogP contribution in [0.5, 0.6) is 0 Å². The van der Waals surface area contributed by atoms with E-state index in [4.69, 9.17) is 4.74 Å². The zero-order valence-electron chi connectivity index (χ0n) is 15.0. The molecule has 2 N–H and O–H groups in total. The first-order valence-electron chi connectivity index (χ1n) is 8.62. The number of hydrogen-bond acceptors (Lipinski definition) is 7. The summed E-state index contributed by atoms with van der Waals surface area (Å²) in [5.74, 6) is -2.63. The summed E-state index contributed by atoms with van der Waals surface area (Å²) in [7, 11) is -6.99. The van der Waals surface area contributed by atoms with Gasteiger partial charge in [-0.2, -0.15) is 0 Å². The van der Waals surface area contributed by atoms with E-state index in [-0.39, 0.29) is 17.9 Å². The van der Waals surface area contributed by atoms with E-state index in [0.29, 0.717) is 25.7 Å². The fourth-order valence-corrected chi connectivity index (χ4v) is 6.61. The number of amides is 1.